The Balaban J connectivity index is 2.21. The third-order valence-electron chi connectivity index (χ3n) is 2.72. The lowest BCUT2D eigenvalue weighted by Crippen LogP contribution is -2.41. The van der Waals surface area contributed by atoms with E-state index in [1.54, 1.807) is 0 Å². The van der Waals surface area contributed by atoms with Crippen molar-refractivity contribution in [2.24, 2.45) is 0 Å². The molecule has 0 atom stereocenters. The van der Waals surface area contributed by atoms with Crippen LogP contribution >= 0.6 is 0 Å². The first-order valence-corrected chi connectivity index (χ1v) is 6.51. The van der Waals surface area contributed by atoms with Crippen LogP contribution < -0.4 is 9.47 Å². The van der Waals surface area contributed by atoms with Gasteiger partial charge in [-0.2, -0.15) is 0 Å². The summed E-state index contributed by atoms with van der Waals surface area (Å²) >= 11 is 0. The van der Waals surface area contributed by atoms with Crippen molar-refractivity contribution in [1.29, 1.82) is 0 Å². The van der Waals surface area contributed by atoms with E-state index in [2.05, 4.69) is 0 Å². The van der Waals surface area contributed by atoms with E-state index in [0.29, 0.717) is 0 Å². The molecule has 0 saturated heterocycles. The summed E-state index contributed by atoms with van der Waals surface area (Å²) in [6.07, 6.45) is -1.35. The highest BCUT2D eigenvalue weighted by Crippen LogP contribution is 2.19. The van der Waals surface area contributed by atoms with Gasteiger partial charge in [-0.05, 0) is 24.3 Å². The van der Waals surface area contributed by atoms with Crippen molar-refractivity contribution in [2.45, 2.75) is 6.29 Å². The van der Waals surface area contributed by atoms with Gasteiger partial charge in [0.1, 0.15) is 23.1 Å². The van der Waals surface area contributed by atoms with Crippen molar-refractivity contribution >= 4 is 5.91 Å². The second kappa shape index (κ2) is 6.89. The molecule has 0 aliphatic rings. The Morgan fingerprint density at radius 3 is 1.77 bits per heavy atom. The average Bonchev–Trinajstić information content (AvgIpc) is 2.46. The second-order valence-corrected chi connectivity index (χ2v) is 4.72. The van der Waals surface area contributed by atoms with Gasteiger partial charge in [0.25, 0.3) is 0 Å². The van der Waals surface area contributed by atoms with Crippen LogP contribution in [0, 0.1) is 11.6 Å². The van der Waals surface area contributed by atoms with Crippen molar-refractivity contribution in [1.82, 2.24) is 4.90 Å². The Kier molecular flexibility index (Phi) is 4.93. The molecular formula is C16H15F2NO3. The summed E-state index contributed by atoms with van der Waals surface area (Å²) in [4.78, 5) is 13.4. The lowest BCUT2D eigenvalue weighted by atomic mass is 10.3. The van der Waals surface area contributed by atoms with Crippen molar-refractivity contribution in [3.8, 4) is 11.5 Å². The fourth-order valence-electron chi connectivity index (χ4n) is 1.66. The molecule has 0 unspecified atom stereocenters. The Bertz CT molecular complexity index is 614. The third kappa shape index (κ3) is 4.18. The molecule has 0 fully saturated rings. The van der Waals surface area contributed by atoms with Gasteiger partial charge in [-0.25, -0.2) is 8.78 Å². The largest absolute Gasteiger partial charge is 0.446 e. The minimum atomic E-state index is -1.35. The monoisotopic (exact) mass is 307 g/mol. The van der Waals surface area contributed by atoms with Crippen LogP contribution in [0.2, 0.25) is 0 Å². The van der Waals surface area contributed by atoms with E-state index in [1.807, 2.05) is 0 Å². The fourth-order valence-corrected chi connectivity index (χ4v) is 1.66. The molecule has 2 rings (SSSR count). The van der Waals surface area contributed by atoms with Gasteiger partial charge in [0.2, 0.25) is 0 Å². The molecule has 0 spiro atoms. The van der Waals surface area contributed by atoms with Crippen LogP contribution in [0.5, 0.6) is 11.5 Å². The van der Waals surface area contributed by atoms with Crippen molar-refractivity contribution in [2.75, 3.05) is 14.1 Å². The fraction of sp³-hybridized carbons (Fsp3) is 0.188. The molecule has 0 aromatic heterocycles. The summed E-state index contributed by atoms with van der Waals surface area (Å²) in [5, 5.41) is 0. The van der Waals surface area contributed by atoms with Crippen LogP contribution in [-0.2, 0) is 4.79 Å². The number of hydrogen-bond donors (Lipinski definition) is 0. The lowest BCUT2D eigenvalue weighted by molar-refractivity contribution is -0.149. The molecule has 0 heterocycles. The Labute approximate surface area is 126 Å². The second-order valence-electron chi connectivity index (χ2n) is 4.72. The number of amides is 1. The van der Waals surface area contributed by atoms with E-state index < -0.39 is 23.8 Å². The molecule has 0 bridgehead atoms. The summed E-state index contributed by atoms with van der Waals surface area (Å²) in [6.45, 7) is 0. The first kappa shape index (κ1) is 15.8. The summed E-state index contributed by atoms with van der Waals surface area (Å²) < 4.78 is 37.2. The van der Waals surface area contributed by atoms with Crippen molar-refractivity contribution in [3.63, 3.8) is 0 Å². The van der Waals surface area contributed by atoms with Gasteiger partial charge in [-0.1, -0.05) is 12.1 Å². The van der Waals surface area contributed by atoms with Crippen LogP contribution in [-0.4, -0.2) is 31.2 Å². The number of carbonyl (C=O) groups excluding carboxylic acids is 1. The maximum Gasteiger partial charge on any atom is 0.321 e. The molecule has 2 aromatic rings. The van der Waals surface area contributed by atoms with Gasteiger partial charge < -0.3 is 14.4 Å². The number of carbonyl (C=O) groups is 1. The molecule has 0 radical (unpaired) electrons. The van der Waals surface area contributed by atoms with E-state index in [9.17, 15) is 13.6 Å². The first-order valence-electron chi connectivity index (χ1n) is 6.51. The molecule has 22 heavy (non-hydrogen) atoms. The molecule has 0 N–H and O–H groups in total. The molecule has 0 saturated carbocycles. The SMILES string of the molecule is CN(C)C(=O)C(Oc1cccc(F)c1)Oc1cccc(F)c1. The predicted octanol–water partition coefficient (Wildman–Crippen LogP) is 2.84. The number of ether oxygens (including phenoxy) is 2. The lowest BCUT2D eigenvalue weighted by Gasteiger charge is -2.22. The summed E-state index contributed by atoms with van der Waals surface area (Å²) in [6, 6.07) is 10.7. The quantitative estimate of drug-likeness (QED) is 0.797. The highest BCUT2D eigenvalue weighted by molar-refractivity contribution is 5.79. The van der Waals surface area contributed by atoms with Crippen LogP contribution in [0.4, 0.5) is 8.78 Å². The van der Waals surface area contributed by atoms with Gasteiger partial charge >= 0.3 is 12.2 Å². The van der Waals surface area contributed by atoms with Gasteiger partial charge in [0, 0.05) is 26.2 Å². The van der Waals surface area contributed by atoms with Gasteiger partial charge in [-0.15, -0.1) is 0 Å². The Morgan fingerprint density at radius 2 is 1.41 bits per heavy atom. The average molecular weight is 307 g/mol. The number of rotatable bonds is 5. The number of halogens is 2. The van der Waals surface area contributed by atoms with Crippen LogP contribution in [0.15, 0.2) is 48.5 Å². The molecule has 4 nitrogen and oxygen atoms in total. The topological polar surface area (TPSA) is 38.8 Å². The van der Waals surface area contributed by atoms with Crippen LogP contribution in [0.25, 0.3) is 0 Å². The minimum absolute atomic E-state index is 0.136. The third-order valence-corrected chi connectivity index (χ3v) is 2.72. The normalized spacial score (nSPS) is 10.4. The van der Waals surface area contributed by atoms with E-state index in [0.717, 1.165) is 12.1 Å². The number of nitrogens with zero attached hydrogens (tertiary/aromatic N) is 1. The Hall–Kier alpha value is -2.63. The smallest absolute Gasteiger partial charge is 0.321 e. The number of benzene rings is 2. The van der Waals surface area contributed by atoms with Gasteiger partial charge in [-0.3, -0.25) is 4.79 Å². The van der Waals surface area contributed by atoms with Crippen LogP contribution in [0.1, 0.15) is 0 Å². The molecule has 6 heteroatoms. The summed E-state index contributed by atoms with van der Waals surface area (Å²) in [7, 11) is 3.05. The molecule has 2 aromatic carbocycles. The highest BCUT2D eigenvalue weighted by Gasteiger charge is 2.24. The Morgan fingerprint density at radius 1 is 0.955 bits per heavy atom. The number of likely N-dealkylation sites (N-methyl/N-ethyl adjacent to an activating group) is 1. The molecule has 0 aliphatic heterocycles. The highest BCUT2D eigenvalue weighted by atomic mass is 19.1. The maximum absolute atomic E-state index is 13.2. The van der Waals surface area contributed by atoms with E-state index in [-0.39, 0.29) is 11.5 Å². The zero-order chi connectivity index (χ0) is 16.1. The number of hydrogen-bond acceptors (Lipinski definition) is 3. The maximum atomic E-state index is 13.2. The first-order chi connectivity index (χ1) is 10.5. The summed E-state index contributed by atoms with van der Waals surface area (Å²) in [5.41, 5.74) is 0. The minimum Gasteiger partial charge on any atom is -0.446 e. The van der Waals surface area contributed by atoms with E-state index in [4.69, 9.17) is 9.47 Å². The van der Waals surface area contributed by atoms with Gasteiger partial charge in [0.05, 0.1) is 0 Å². The van der Waals surface area contributed by atoms with Crippen molar-refractivity contribution in [3.05, 3.63) is 60.2 Å². The van der Waals surface area contributed by atoms with Crippen molar-refractivity contribution < 1.29 is 23.0 Å². The van der Waals surface area contributed by atoms with Gasteiger partial charge in [0.15, 0.2) is 0 Å². The molecular weight excluding hydrogens is 292 g/mol. The zero-order valence-corrected chi connectivity index (χ0v) is 12.1. The molecule has 1 amide bonds. The molecule has 0 aliphatic carbocycles. The predicted molar refractivity (Wildman–Crippen MR) is 76.5 cm³/mol. The van der Waals surface area contributed by atoms with E-state index in [1.165, 1.54) is 55.4 Å². The van der Waals surface area contributed by atoms with E-state index >= 15 is 0 Å². The van der Waals surface area contributed by atoms with Crippen LogP contribution in [0.3, 0.4) is 0 Å². The zero-order valence-electron chi connectivity index (χ0n) is 12.1. The molecule has 116 valence electrons. The standard InChI is InChI=1S/C16H15F2NO3/c1-19(2)15(20)16(21-13-7-3-5-11(17)9-13)22-14-8-4-6-12(18)10-14/h3-10,16H,1-2H3. The summed E-state index contributed by atoms with van der Waals surface area (Å²) in [5.74, 6) is -1.22.